The number of fused-ring (bicyclic) bond motifs is 1. The summed E-state index contributed by atoms with van der Waals surface area (Å²) in [5.41, 5.74) is 1.98. The summed E-state index contributed by atoms with van der Waals surface area (Å²) in [6.07, 6.45) is 4.16. The van der Waals surface area contributed by atoms with E-state index in [2.05, 4.69) is 15.3 Å². The number of pyridine rings is 1. The molecule has 4 aromatic rings. The number of benzene rings is 2. The number of aromatic nitrogens is 3. The van der Waals surface area contributed by atoms with Crippen LogP contribution in [0.1, 0.15) is 13.3 Å². The van der Waals surface area contributed by atoms with Crippen LogP contribution in [0, 0.1) is 11.6 Å². The van der Waals surface area contributed by atoms with Crippen molar-refractivity contribution in [2.75, 3.05) is 19.0 Å². The number of nitrogens with zero attached hydrogens (tertiary/aromatic N) is 3. The van der Waals surface area contributed by atoms with E-state index in [1.807, 2.05) is 19.1 Å². The molecule has 2 aromatic carbocycles. The van der Waals surface area contributed by atoms with E-state index in [0.717, 1.165) is 24.1 Å². The quantitative estimate of drug-likeness (QED) is 0.460. The van der Waals surface area contributed by atoms with Gasteiger partial charge in [-0.3, -0.25) is 4.98 Å². The van der Waals surface area contributed by atoms with E-state index in [-0.39, 0.29) is 5.56 Å². The largest absolute Gasteiger partial charge is 0.491 e. The molecule has 4 rings (SSSR count). The second kappa shape index (κ2) is 8.41. The molecule has 30 heavy (non-hydrogen) atoms. The van der Waals surface area contributed by atoms with Crippen molar-refractivity contribution < 1.29 is 13.5 Å². The van der Waals surface area contributed by atoms with Gasteiger partial charge in [-0.05, 0) is 54.4 Å². The van der Waals surface area contributed by atoms with Crippen LogP contribution in [0.4, 0.5) is 14.6 Å². The zero-order chi connectivity index (χ0) is 21.1. The van der Waals surface area contributed by atoms with E-state index in [1.165, 1.54) is 6.07 Å². The molecule has 0 amide bonds. The number of ether oxygens (including phenoxy) is 1. The standard InChI is InChI=1S/C23H20F2N4O/c1-3-9-30-20-11-15(17-12-16(24)6-7-19(17)25)10-18-21(20)28-22(29-23(18)26-2)14-5-4-8-27-13-14/h4-8,10-13H,3,9H2,1-2H3,(H,26,28,29). The van der Waals surface area contributed by atoms with Crippen LogP contribution < -0.4 is 10.1 Å². The van der Waals surface area contributed by atoms with Crippen molar-refractivity contribution in [2.24, 2.45) is 0 Å². The summed E-state index contributed by atoms with van der Waals surface area (Å²) in [6, 6.07) is 10.5. The van der Waals surface area contributed by atoms with E-state index in [1.54, 1.807) is 31.6 Å². The Kier molecular flexibility index (Phi) is 5.52. The maximum atomic E-state index is 14.4. The fourth-order valence-electron chi connectivity index (χ4n) is 3.21. The normalized spacial score (nSPS) is 10.9. The van der Waals surface area contributed by atoms with Gasteiger partial charge in [-0.15, -0.1) is 0 Å². The maximum absolute atomic E-state index is 14.4. The molecular weight excluding hydrogens is 386 g/mol. The highest BCUT2D eigenvalue weighted by Gasteiger charge is 2.17. The molecule has 0 aliphatic carbocycles. The van der Waals surface area contributed by atoms with Gasteiger partial charge in [0.1, 0.15) is 28.7 Å². The van der Waals surface area contributed by atoms with Gasteiger partial charge in [0, 0.05) is 36.0 Å². The Morgan fingerprint density at radius 1 is 1.03 bits per heavy atom. The first kappa shape index (κ1) is 19.7. The lowest BCUT2D eigenvalue weighted by atomic mass is 10.0. The Morgan fingerprint density at radius 2 is 1.90 bits per heavy atom. The Morgan fingerprint density at radius 3 is 2.63 bits per heavy atom. The van der Waals surface area contributed by atoms with Crippen LogP contribution in [0.3, 0.4) is 0 Å². The average molecular weight is 406 g/mol. The summed E-state index contributed by atoms with van der Waals surface area (Å²) in [5, 5.41) is 3.72. The lowest BCUT2D eigenvalue weighted by molar-refractivity contribution is 0.320. The van der Waals surface area contributed by atoms with Gasteiger partial charge in [-0.25, -0.2) is 18.7 Å². The number of halogens is 2. The third-order valence-electron chi connectivity index (χ3n) is 4.62. The van der Waals surface area contributed by atoms with Gasteiger partial charge >= 0.3 is 0 Å². The van der Waals surface area contributed by atoms with Crippen molar-refractivity contribution in [1.29, 1.82) is 0 Å². The maximum Gasteiger partial charge on any atom is 0.163 e. The predicted octanol–water partition coefficient (Wildman–Crippen LogP) is 5.47. The second-order valence-electron chi connectivity index (χ2n) is 6.73. The molecule has 0 spiro atoms. The summed E-state index contributed by atoms with van der Waals surface area (Å²) in [4.78, 5) is 13.4. The minimum Gasteiger partial charge on any atom is -0.491 e. The predicted molar refractivity (Wildman–Crippen MR) is 113 cm³/mol. The number of hydrogen-bond acceptors (Lipinski definition) is 5. The van der Waals surface area contributed by atoms with E-state index < -0.39 is 11.6 Å². The first-order valence-electron chi connectivity index (χ1n) is 9.63. The minimum atomic E-state index is -0.518. The molecule has 5 nitrogen and oxygen atoms in total. The topological polar surface area (TPSA) is 59.9 Å². The summed E-state index contributed by atoms with van der Waals surface area (Å²) in [5.74, 6) is 0.498. The van der Waals surface area contributed by atoms with Gasteiger partial charge < -0.3 is 10.1 Å². The smallest absolute Gasteiger partial charge is 0.163 e. The van der Waals surface area contributed by atoms with Gasteiger partial charge in [-0.2, -0.15) is 0 Å². The minimum absolute atomic E-state index is 0.150. The monoisotopic (exact) mass is 406 g/mol. The van der Waals surface area contributed by atoms with Gasteiger partial charge in [-0.1, -0.05) is 6.92 Å². The molecule has 2 aromatic heterocycles. The number of rotatable bonds is 6. The molecule has 0 saturated carbocycles. The van der Waals surface area contributed by atoms with Gasteiger partial charge in [0.2, 0.25) is 0 Å². The second-order valence-corrected chi connectivity index (χ2v) is 6.73. The summed E-state index contributed by atoms with van der Waals surface area (Å²) < 4.78 is 34.2. The first-order chi connectivity index (χ1) is 14.6. The zero-order valence-corrected chi connectivity index (χ0v) is 16.6. The molecule has 0 fully saturated rings. The first-order valence-corrected chi connectivity index (χ1v) is 9.63. The van der Waals surface area contributed by atoms with Crippen LogP contribution in [-0.2, 0) is 0 Å². The van der Waals surface area contributed by atoms with Gasteiger partial charge in [0.15, 0.2) is 5.82 Å². The van der Waals surface area contributed by atoms with Crippen LogP contribution in [0.15, 0.2) is 54.9 Å². The average Bonchev–Trinajstić information content (AvgIpc) is 2.78. The molecule has 2 heterocycles. The Labute approximate surface area is 172 Å². The fourth-order valence-corrected chi connectivity index (χ4v) is 3.21. The van der Waals surface area contributed by atoms with E-state index in [0.29, 0.717) is 40.5 Å². The molecule has 0 aliphatic heterocycles. The van der Waals surface area contributed by atoms with Crippen molar-refractivity contribution in [3.8, 4) is 28.3 Å². The summed E-state index contributed by atoms with van der Waals surface area (Å²) in [6.45, 7) is 2.46. The molecule has 0 atom stereocenters. The van der Waals surface area contributed by atoms with Gasteiger partial charge in [0.05, 0.1) is 6.61 Å². The lowest BCUT2D eigenvalue weighted by Crippen LogP contribution is -2.03. The van der Waals surface area contributed by atoms with Crippen molar-refractivity contribution in [3.63, 3.8) is 0 Å². The molecular formula is C23H20F2N4O. The van der Waals surface area contributed by atoms with Crippen molar-refractivity contribution in [1.82, 2.24) is 15.0 Å². The van der Waals surface area contributed by atoms with E-state index >= 15 is 0 Å². The third-order valence-corrected chi connectivity index (χ3v) is 4.62. The van der Waals surface area contributed by atoms with Gasteiger partial charge in [0.25, 0.3) is 0 Å². The van der Waals surface area contributed by atoms with Crippen molar-refractivity contribution >= 4 is 16.7 Å². The highest BCUT2D eigenvalue weighted by Crippen LogP contribution is 2.37. The number of anilines is 1. The van der Waals surface area contributed by atoms with Crippen molar-refractivity contribution in [3.05, 3.63) is 66.5 Å². The summed E-state index contributed by atoms with van der Waals surface area (Å²) >= 11 is 0. The number of nitrogens with one attached hydrogen (secondary N) is 1. The molecule has 0 unspecified atom stereocenters. The molecule has 152 valence electrons. The Hall–Kier alpha value is -3.61. The molecule has 0 saturated heterocycles. The van der Waals surface area contributed by atoms with Crippen LogP contribution in [0.2, 0.25) is 0 Å². The van der Waals surface area contributed by atoms with Crippen molar-refractivity contribution in [2.45, 2.75) is 13.3 Å². The number of hydrogen-bond donors (Lipinski definition) is 1. The van der Waals surface area contributed by atoms with Crippen LogP contribution in [0.25, 0.3) is 33.4 Å². The fraction of sp³-hybridized carbons (Fsp3) is 0.174. The highest BCUT2D eigenvalue weighted by molar-refractivity contribution is 5.97. The molecule has 0 bridgehead atoms. The Bertz CT molecular complexity index is 1200. The molecule has 0 aliphatic rings. The lowest BCUT2D eigenvalue weighted by Gasteiger charge is -2.15. The molecule has 0 radical (unpaired) electrons. The zero-order valence-electron chi connectivity index (χ0n) is 16.6. The van der Waals surface area contributed by atoms with E-state index in [4.69, 9.17) is 9.72 Å². The van der Waals surface area contributed by atoms with Crippen LogP contribution in [-0.4, -0.2) is 28.6 Å². The third kappa shape index (κ3) is 3.78. The molecule has 7 heteroatoms. The Balaban J connectivity index is 1.98. The summed E-state index contributed by atoms with van der Waals surface area (Å²) in [7, 11) is 1.75. The highest BCUT2D eigenvalue weighted by atomic mass is 19.1. The van der Waals surface area contributed by atoms with E-state index in [9.17, 15) is 8.78 Å². The molecule has 1 N–H and O–H groups in total. The SMILES string of the molecule is CCCOc1cc(-c2cc(F)ccc2F)cc2c(NC)nc(-c3cccnc3)nc12. The van der Waals surface area contributed by atoms with Crippen LogP contribution >= 0.6 is 0 Å². The van der Waals surface area contributed by atoms with Crippen LogP contribution in [0.5, 0.6) is 5.75 Å².